The van der Waals surface area contributed by atoms with E-state index in [4.69, 9.17) is 28.5 Å². The van der Waals surface area contributed by atoms with Crippen molar-refractivity contribution >= 4 is 52.2 Å². The molecule has 0 saturated heterocycles. The van der Waals surface area contributed by atoms with Crippen LogP contribution in [-0.2, 0) is 42.9 Å². The fraction of sp³-hybridized carbons (Fsp3) is 0.566. The summed E-state index contributed by atoms with van der Waals surface area (Å²) >= 11 is 0. The van der Waals surface area contributed by atoms with Crippen molar-refractivity contribution in [3.05, 3.63) is 71.8 Å². The maximum Gasteiger partial charge on any atom is 0.535 e. The number of benzene rings is 3. The smallest absolute Gasteiger partial charge is 0.432 e. The number of anilines is 2. The van der Waals surface area contributed by atoms with Crippen LogP contribution >= 0.6 is 0 Å². The molecule has 0 fully saturated rings. The third-order valence-electron chi connectivity index (χ3n) is 12.8. The van der Waals surface area contributed by atoms with E-state index in [0.717, 1.165) is 39.9 Å². The van der Waals surface area contributed by atoms with Crippen LogP contribution in [0.4, 0.5) is 16.2 Å². The Kier molecular flexibility index (Phi) is 20.1. The van der Waals surface area contributed by atoms with Gasteiger partial charge in [-0.2, -0.15) is 0 Å². The molecule has 0 atom stereocenters. The zero-order valence-corrected chi connectivity index (χ0v) is 43.3. The molecule has 4 aromatic rings. The van der Waals surface area contributed by atoms with Crippen LogP contribution in [0.25, 0.3) is 22.2 Å². The second kappa shape index (κ2) is 25.4. The summed E-state index contributed by atoms with van der Waals surface area (Å²) in [5.74, 6) is -1.31. The van der Waals surface area contributed by atoms with Crippen molar-refractivity contribution in [1.29, 1.82) is 0 Å². The third-order valence-corrected chi connectivity index (χ3v) is 12.8. The molecule has 71 heavy (non-hydrogen) atoms. The number of para-hydroxylation sites is 1. The lowest BCUT2D eigenvalue weighted by atomic mass is 9.97. The first-order chi connectivity index (χ1) is 33.6. The van der Waals surface area contributed by atoms with Gasteiger partial charge in [0, 0.05) is 70.3 Å². The zero-order chi connectivity index (χ0) is 51.8. The molecular formula is C53H75N7O11. The van der Waals surface area contributed by atoms with Crippen LogP contribution in [0.3, 0.4) is 0 Å². The van der Waals surface area contributed by atoms with E-state index >= 15 is 0 Å². The fourth-order valence-corrected chi connectivity index (χ4v) is 7.80. The molecule has 5 rings (SSSR count). The van der Waals surface area contributed by atoms with E-state index in [1.54, 1.807) is 50.6 Å². The van der Waals surface area contributed by atoms with Crippen molar-refractivity contribution in [2.45, 2.75) is 148 Å². The number of nitrogens with one attached hydrogen (secondary N) is 4. The lowest BCUT2D eigenvalue weighted by Gasteiger charge is -2.29. The van der Waals surface area contributed by atoms with E-state index in [0.29, 0.717) is 74.4 Å². The molecule has 4 N–H and O–H groups in total. The Morgan fingerprint density at radius 1 is 0.592 bits per heavy atom. The molecule has 1 aromatic heterocycles. The number of amides is 4. The van der Waals surface area contributed by atoms with Crippen LogP contribution < -0.4 is 26.1 Å². The van der Waals surface area contributed by atoms with Crippen molar-refractivity contribution in [2.24, 2.45) is 0 Å². The zero-order valence-electron chi connectivity index (χ0n) is 43.3. The maximum atomic E-state index is 13.2. The SMILES string of the molecule is COC(C)(C)CCOC(C)(C)CCNC(=O)CCCC(=O)Nc1ccc2c(c1)C(COC(=O)On1nnc3ccccc31)c1cc(NC(=O)CCCC(=O)NCCC(C)(C)OCCC(C)(C)OC)ccc1-2. The first-order valence-corrected chi connectivity index (χ1v) is 24.5. The molecule has 0 saturated carbocycles. The summed E-state index contributed by atoms with van der Waals surface area (Å²) in [5.41, 5.74) is 3.97. The first kappa shape index (κ1) is 56.0. The molecule has 0 spiro atoms. The minimum absolute atomic E-state index is 0.125. The summed E-state index contributed by atoms with van der Waals surface area (Å²) in [6.45, 7) is 17.8. The van der Waals surface area contributed by atoms with Crippen LogP contribution in [-0.4, -0.2) is 114 Å². The Hall–Kier alpha value is -5.95. The molecule has 388 valence electrons. The molecular weight excluding hydrogens is 911 g/mol. The molecule has 1 heterocycles. The Morgan fingerprint density at radius 2 is 1.06 bits per heavy atom. The van der Waals surface area contributed by atoms with Gasteiger partial charge in [0.2, 0.25) is 23.6 Å². The van der Waals surface area contributed by atoms with Crippen LogP contribution in [0.5, 0.6) is 0 Å². The van der Waals surface area contributed by atoms with Gasteiger partial charge in [-0.05, 0) is 158 Å². The molecule has 1 aliphatic carbocycles. The van der Waals surface area contributed by atoms with Crippen LogP contribution in [0, 0.1) is 0 Å². The largest absolute Gasteiger partial charge is 0.535 e. The number of fused-ring (bicyclic) bond motifs is 4. The molecule has 0 radical (unpaired) electrons. The number of rotatable bonds is 29. The van der Waals surface area contributed by atoms with E-state index in [-0.39, 0.29) is 67.1 Å². The second-order valence-electron chi connectivity index (χ2n) is 20.4. The van der Waals surface area contributed by atoms with E-state index in [9.17, 15) is 24.0 Å². The minimum Gasteiger partial charge on any atom is -0.432 e. The average Bonchev–Trinajstić information content (AvgIpc) is 3.85. The first-order valence-electron chi connectivity index (χ1n) is 24.5. The topological polar surface area (TPSA) is 220 Å². The number of nitrogens with zero attached hydrogens (tertiary/aromatic N) is 3. The Balaban J connectivity index is 1.14. The van der Waals surface area contributed by atoms with E-state index in [1.165, 1.54) is 0 Å². The number of carbonyl (C=O) groups is 5. The molecule has 0 bridgehead atoms. The monoisotopic (exact) mass is 986 g/mol. The van der Waals surface area contributed by atoms with E-state index < -0.39 is 23.3 Å². The number of carbonyl (C=O) groups excluding carboxylic acids is 5. The van der Waals surface area contributed by atoms with E-state index in [2.05, 4.69) is 31.6 Å². The van der Waals surface area contributed by atoms with Gasteiger partial charge in [-0.15, -0.1) is 5.10 Å². The molecule has 18 heteroatoms. The molecule has 1 aliphatic rings. The fourth-order valence-electron chi connectivity index (χ4n) is 7.80. The van der Waals surface area contributed by atoms with Gasteiger partial charge in [0.05, 0.1) is 35.6 Å². The lowest BCUT2D eigenvalue weighted by molar-refractivity contribution is -0.123. The molecule has 18 nitrogen and oxygen atoms in total. The van der Waals surface area contributed by atoms with Gasteiger partial charge in [0.1, 0.15) is 17.6 Å². The van der Waals surface area contributed by atoms with Gasteiger partial charge in [0.15, 0.2) is 0 Å². The van der Waals surface area contributed by atoms with Crippen molar-refractivity contribution < 1.29 is 52.5 Å². The van der Waals surface area contributed by atoms with Gasteiger partial charge in [-0.3, -0.25) is 24.0 Å². The summed E-state index contributed by atoms with van der Waals surface area (Å²) in [6, 6.07) is 18.1. The van der Waals surface area contributed by atoms with Crippen molar-refractivity contribution in [1.82, 2.24) is 25.8 Å². The normalized spacial score (nSPS) is 12.8. The highest BCUT2D eigenvalue weighted by Gasteiger charge is 2.32. The standard InChI is InChI=1S/C53H75N7O11/c1-50(2,66-9)27-31-69-52(5,6)25-29-54-45(61)17-13-19-47(63)56-36-21-23-38-39-24-22-37(57-48(64)20-14-18-46(62)55-30-26-53(7,8)70-32-28-51(3,4)67-10)34-41(39)42(40(38)33-36)35-68-49(65)71-60-44-16-12-11-15-43(44)58-59-60/h11-12,15-16,21-24,33-34,42H,13-14,17-20,25-32,35H2,1-10H3,(H,54,61)(H,55,62)(H,56,63)(H,57,64). The summed E-state index contributed by atoms with van der Waals surface area (Å²) in [7, 11) is 3.36. The van der Waals surface area contributed by atoms with Gasteiger partial charge in [-0.25, -0.2) is 4.79 Å². The summed E-state index contributed by atoms with van der Waals surface area (Å²) in [4.78, 5) is 71.1. The van der Waals surface area contributed by atoms with Gasteiger partial charge in [-0.1, -0.05) is 29.1 Å². The predicted molar refractivity (Wildman–Crippen MR) is 271 cm³/mol. The average molecular weight is 986 g/mol. The Bertz CT molecular complexity index is 2330. The van der Waals surface area contributed by atoms with Crippen LogP contribution in [0.2, 0.25) is 0 Å². The highest BCUT2D eigenvalue weighted by molar-refractivity contribution is 5.94. The van der Waals surface area contributed by atoms with Crippen LogP contribution in [0.1, 0.15) is 137 Å². The third kappa shape index (κ3) is 18.0. The lowest BCUT2D eigenvalue weighted by Crippen LogP contribution is -2.34. The minimum atomic E-state index is -1.00. The quantitative estimate of drug-likeness (QED) is 0.0298. The molecule has 0 aliphatic heterocycles. The number of hydrogen-bond donors (Lipinski definition) is 4. The molecule has 4 amide bonds. The molecule has 3 aromatic carbocycles. The second-order valence-corrected chi connectivity index (χ2v) is 20.4. The Labute approximate surface area is 417 Å². The molecule has 0 unspecified atom stereocenters. The van der Waals surface area contributed by atoms with E-state index in [1.807, 2.05) is 79.7 Å². The van der Waals surface area contributed by atoms with Crippen molar-refractivity contribution in [2.75, 3.05) is 57.8 Å². The van der Waals surface area contributed by atoms with Crippen molar-refractivity contribution in [3.8, 4) is 11.1 Å². The number of hydrogen-bond acceptors (Lipinski definition) is 13. The van der Waals surface area contributed by atoms with Gasteiger partial charge >= 0.3 is 6.16 Å². The summed E-state index contributed by atoms with van der Waals surface area (Å²) in [5, 5.41) is 19.7. The summed E-state index contributed by atoms with van der Waals surface area (Å²) in [6.07, 6.45) is 3.08. The maximum absolute atomic E-state index is 13.2. The number of ether oxygens (including phenoxy) is 5. The number of methoxy groups -OCH3 is 2. The predicted octanol–water partition coefficient (Wildman–Crippen LogP) is 8.26. The Morgan fingerprint density at radius 3 is 1.54 bits per heavy atom. The van der Waals surface area contributed by atoms with Gasteiger partial charge < -0.3 is 45.0 Å². The van der Waals surface area contributed by atoms with Gasteiger partial charge in [0.25, 0.3) is 0 Å². The highest BCUT2D eigenvalue weighted by Crippen LogP contribution is 2.47. The highest BCUT2D eigenvalue weighted by atomic mass is 16.8. The van der Waals surface area contributed by atoms with Crippen molar-refractivity contribution in [3.63, 3.8) is 0 Å². The van der Waals surface area contributed by atoms with Crippen LogP contribution in [0.15, 0.2) is 60.7 Å². The number of aromatic nitrogens is 3. The summed E-state index contributed by atoms with van der Waals surface area (Å²) < 4.78 is 28.7.